The van der Waals surface area contributed by atoms with Gasteiger partial charge in [-0.15, -0.1) is 0 Å². The van der Waals surface area contributed by atoms with E-state index in [1.807, 2.05) is 12.1 Å². The third-order valence-corrected chi connectivity index (χ3v) is 3.94. The lowest BCUT2D eigenvalue weighted by molar-refractivity contribution is -0.188. The SMILES string of the molecule is FC(F)(F)COC1CCCC(NCc2ccc(Br)cn2)C1. The van der Waals surface area contributed by atoms with E-state index in [9.17, 15) is 13.2 Å². The fourth-order valence-electron chi connectivity index (χ4n) is 2.45. The molecule has 0 saturated heterocycles. The number of nitrogens with one attached hydrogen (secondary N) is 1. The molecular weight excluding hydrogens is 349 g/mol. The van der Waals surface area contributed by atoms with Gasteiger partial charge < -0.3 is 10.1 Å². The Bertz CT molecular complexity index is 439. The summed E-state index contributed by atoms with van der Waals surface area (Å²) in [5, 5.41) is 3.35. The summed E-state index contributed by atoms with van der Waals surface area (Å²) in [5.41, 5.74) is 0.913. The molecule has 1 aromatic rings. The lowest BCUT2D eigenvalue weighted by Gasteiger charge is -2.30. The second-order valence-corrected chi connectivity index (χ2v) is 6.18. The van der Waals surface area contributed by atoms with Crippen molar-refractivity contribution in [3.05, 3.63) is 28.5 Å². The van der Waals surface area contributed by atoms with E-state index < -0.39 is 12.8 Å². The van der Waals surface area contributed by atoms with Gasteiger partial charge >= 0.3 is 6.18 Å². The van der Waals surface area contributed by atoms with Crippen LogP contribution in [-0.4, -0.2) is 29.9 Å². The van der Waals surface area contributed by atoms with Crippen molar-refractivity contribution < 1.29 is 17.9 Å². The van der Waals surface area contributed by atoms with Crippen LogP contribution in [0.25, 0.3) is 0 Å². The maximum Gasteiger partial charge on any atom is 0.411 e. The molecule has 1 aliphatic carbocycles. The number of alkyl halides is 3. The first-order valence-electron chi connectivity index (χ1n) is 6.94. The molecular formula is C14H18BrF3N2O. The van der Waals surface area contributed by atoms with Crippen LogP contribution in [0.5, 0.6) is 0 Å². The van der Waals surface area contributed by atoms with Crippen molar-refractivity contribution in [2.24, 2.45) is 0 Å². The number of hydrogen-bond acceptors (Lipinski definition) is 3. The Morgan fingerprint density at radius 2 is 2.14 bits per heavy atom. The minimum Gasteiger partial charge on any atom is -0.369 e. The quantitative estimate of drug-likeness (QED) is 0.859. The first kappa shape index (κ1) is 16.7. The molecule has 21 heavy (non-hydrogen) atoms. The van der Waals surface area contributed by atoms with Gasteiger partial charge in [-0.25, -0.2) is 0 Å². The minimum absolute atomic E-state index is 0.183. The monoisotopic (exact) mass is 366 g/mol. The van der Waals surface area contributed by atoms with E-state index >= 15 is 0 Å². The smallest absolute Gasteiger partial charge is 0.369 e. The predicted molar refractivity (Wildman–Crippen MR) is 76.8 cm³/mol. The highest BCUT2D eigenvalue weighted by Gasteiger charge is 2.31. The summed E-state index contributed by atoms with van der Waals surface area (Å²) in [7, 11) is 0. The summed E-state index contributed by atoms with van der Waals surface area (Å²) in [5.74, 6) is 0. The van der Waals surface area contributed by atoms with Crippen LogP contribution in [0.2, 0.25) is 0 Å². The van der Waals surface area contributed by atoms with E-state index in [1.165, 1.54) is 0 Å². The van der Waals surface area contributed by atoms with Gasteiger partial charge in [0.15, 0.2) is 0 Å². The number of rotatable bonds is 5. The molecule has 1 aliphatic rings. The highest BCUT2D eigenvalue weighted by molar-refractivity contribution is 9.10. The van der Waals surface area contributed by atoms with Crippen molar-refractivity contribution >= 4 is 15.9 Å². The Morgan fingerprint density at radius 1 is 1.33 bits per heavy atom. The van der Waals surface area contributed by atoms with Crippen molar-refractivity contribution in [1.82, 2.24) is 10.3 Å². The molecule has 0 aromatic carbocycles. The number of halogens is 4. The van der Waals surface area contributed by atoms with Crippen LogP contribution >= 0.6 is 15.9 Å². The van der Waals surface area contributed by atoms with E-state index in [2.05, 4.69) is 26.2 Å². The molecule has 0 radical (unpaired) electrons. The van der Waals surface area contributed by atoms with E-state index in [-0.39, 0.29) is 12.1 Å². The molecule has 0 aliphatic heterocycles. The average molecular weight is 367 g/mol. The maximum absolute atomic E-state index is 12.2. The molecule has 1 N–H and O–H groups in total. The molecule has 118 valence electrons. The van der Waals surface area contributed by atoms with Gasteiger partial charge in [-0.1, -0.05) is 0 Å². The van der Waals surface area contributed by atoms with E-state index in [0.29, 0.717) is 19.4 Å². The fourth-order valence-corrected chi connectivity index (χ4v) is 2.69. The van der Waals surface area contributed by atoms with Crippen LogP contribution in [0.1, 0.15) is 31.4 Å². The van der Waals surface area contributed by atoms with Crippen LogP contribution in [0, 0.1) is 0 Å². The van der Waals surface area contributed by atoms with Crippen molar-refractivity contribution in [1.29, 1.82) is 0 Å². The molecule has 2 unspecified atom stereocenters. The molecule has 1 saturated carbocycles. The molecule has 1 heterocycles. The average Bonchev–Trinajstić information content (AvgIpc) is 2.44. The summed E-state index contributed by atoms with van der Waals surface area (Å²) in [6, 6.07) is 4.01. The molecule has 2 atom stereocenters. The fraction of sp³-hybridized carbons (Fsp3) is 0.643. The lowest BCUT2D eigenvalue weighted by atomic mass is 9.93. The van der Waals surface area contributed by atoms with Gasteiger partial charge in [0.05, 0.1) is 11.8 Å². The van der Waals surface area contributed by atoms with Crippen molar-refractivity contribution in [3.8, 4) is 0 Å². The van der Waals surface area contributed by atoms with E-state index in [0.717, 1.165) is 23.0 Å². The Morgan fingerprint density at radius 3 is 2.81 bits per heavy atom. The third-order valence-electron chi connectivity index (χ3n) is 3.47. The minimum atomic E-state index is -4.25. The van der Waals surface area contributed by atoms with Gasteiger partial charge in [0, 0.05) is 23.3 Å². The van der Waals surface area contributed by atoms with Gasteiger partial charge in [0.25, 0.3) is 0 Å². The summed E-state index contributed by atoms with van der Waals surface area (Å²) < 4.78 is 42.4. The number of nitrogens with zero attached hydrogens (tertiary/aromatic N) is 1. The summed E-state index contributed by atoms with van der Waals surface area (Å²) >= 11 is 3.32. The highest BCUT2D eigenvalue weighted by atomic mass is 79.9. The first-order chi connectivity index (χ1) is 9.92. The lowest BCUT2D eigenvalue weighted by Crippen LogP contribution is -2.38. The summed E-state index contributed by atoms with van der Waals surface area (Å²) in [4.78, 5) is 4.26. The zero-order valence-corrected chi connectivity index (χ0v) is 13.1. The van der Waals surface area contributed by atoms with Crippen LogP contribution in [0.4, 0.5) is 13.2 Å². The molecule has 2 rings (SSSR count). The second kappa shape index (κ2) is 7.56. The van der Waals surface area contributed by atoms with Crippen molar-refractivity contribution in [2.45, 2.75) is 50.6 Å². The van der Waals surface area contributed by atoms with Crippen LogP contribution in [-0.2, 0) is 11.3 Å². The zero-order chi connectivity index (χ0) is 15.3. The maximum atomic E-state index is 12.2. The molecule has 0 spiro atoms. The third kappa shape index (κ3) is 6.32. The van der Waals surface area contributed by atoms with Crippen LogP contribution in [0.15, 0.2) is 22.8 Å². The second-order valence-electron chi connectivity index (χ2n) is 5.26. The van der Waals surface area contributed by atoms with Crippen LogP contribution < -0.4 is 5.32 Å². The zero-order valence-electron chi connectivity index (χ0n) is 11.5. The number of ether oxygens (including phenoxy) is 1. The number of pyridine rings is 1. The van der Waals surface area contributed by atoms with E-state index in [4.69, 9.17) is 4.74 Å². The Balaban J connectivity index is 1.74. The van der Waals surface area contributed by atoms with Gasteiger partial charge in [0.2, 0.25) is 0 Å². The predicted octanol–water partition coefficient (Wildman–Crippen LogP) is 3.82. The Hall–Kier alpha value is -0.660. The molecule has 7 heteroatoms. The van der Waals surface area contributed by atoms with Crippen molar-refractivity contribution in [2.75, 3.05) is 6.61 Å². The number of aromatic nitrogens is 1. The van der Waals surface area contributed by atoms with Gasteiger partial charge in [-0.3, -0.25) is 4.98 Å². The Kier molecular flexibility index (Phi) is 6.01. The molecule has 0 amide bonds. The normalized spacial score (nSPS) is 23.2. The number of hydrogen-bond donors (Lipinski definition) is 1. The molecule has 1 aromatic heterocycles. The topological polar surface area (TPSA) is 34.1 Å². The highest BCUT2D eigenvalue weighted by Crippen LogP contribution is 2.24. The van der Waals surface area contributed by atoms with E-state index in [1.54, 1.807) is 6.20 Å². The van der Waals surface area contributed by atoms with Crippen LogP contribution in [0.3, 0.4) is 0 Å². The largest absolute Gasteiger partial charge is 0.411 e. The van der Waals surface area contributed by atoms with Gasteiger partial charge in [-0.2, -0.15) is 13.2 Å². The van der Waals surface area contributed by atoms with Crippen molar-refractivity contribution in [3.63, 3.8) is 0 Å². The first-order valence-corrected chi connectivity index (χ1v) is 7.74. The summed E-state index contributed by atoms with van der Waals surface area (Å²) in [6.45, 7) is -0.539. The van der Waals surface area contributed by atoms with Gasteiger partial charge in [0.1, 0.15) is 6.61 Å². The molecule has 0 bridgehead atoms. The van der Waals surface area contributed by atoms with Gasteiger partial charge in [-0.05, 0) is 53.7 Å². The molecule has 1 fully saturated rings. The molecule has 3 nitrogen and oxygen atoms in total. The Labute approximate surface area is 130 Å². The summed E-state index contributed by atoms with van der Waals surface area (Å²) in [6.07, 6.45) is 0.332. The standard InChI is InChI=1S/C14H18BrF3N2O/c15-10-4-5-12(19-7-10)8-20-11-2-1-3-13(6-11)21-9-14(16,17)18/h4-5,7,11,13,20H,1-3,6,8-9H2.